The lowest BCUT2D eigenvalue weighted by atomic mass is 9.78. The van der Waals surface area contributed by atoms with Gasteiger partial charge in [-0.25, -0.2) is 0 Å². The van der Waals surface area contributed by atoms with Gasteiger partial charge in [0.15, 0.2) is 0 Å². The lowest BCUT2D eigenvalue weighted by Gasteiger charge is -2.41. The molecule has 3 rings (SSSR count). The van der Waals surface area contributed by atoms with Crippen LogP contribution in [0.1, 0.15) is 19.3 Å². The first-order valence-corrected chi connectivity index (χ1v) is 12.7. The number of hydrogen-bond acceptors (Lipinski definition) is 8. The number of nitrogens with zero attached hydrogens (tertiary/aromatic N) is 2. The minimum atomic E-state index is -4.00. The molecule has 3 aliphatic rings. The maximum absolute atomic E-state index is 13.5. The van der Waals surface area contributed by atoms with Crippen LogP contribution >= 0.6 is 0 Å². The average molecular weight is 452 g/mol. The van der Waals surface area contributed by atoms with E-state index in [1.54, 1.807) is 0 Å². The number of nitrogens with two attached hydrogens (primary N) is 1. The summed E-state index contributed by atoms with van der Waals surface area (Å²) in [7, 11) is -5.50. The average Bonchev–Trinajstić information content (AvgIpc) is 3.15. The van der Waals surface area contributed by atoms with Gasteiger partial charge in [0.25, 0.3) is 10.2 Å². The molecule has 0 aromatic carbocycles. The highest BCUT2D eigenvalue weighted by atomic mass is 32.2. The third kappa shape index (κ3) is 4.75. The summed E-state index contributed by atoms with van der Waals surface area (Å²) >= 11 is -1.05. The van der Waals surface area contributed by atoms with Crippen LogP contribution in [0, 0.1) is 5.92 Å². The highest BCUT2D eigenvalue weighted by Gasteiger charge is 2.55. The second-order valence-corrected chi connectivity index (χ2v) is 11.6. The van der Waals surface area contributed by atoms with Crippen molar-refractivity contribution in [2.24, 2.45) is 11.7 Å². The molecule has 0 amide bonds. The van der Waals surface area contributed by atoms with E-state index in [9.17, 15) is 22.9 Å². The Morgan fingerprint density at radius 3 is 2.55 bits per heavy atom. The maximum atomic E-state index is 13.5. The molecule has 0 spiro atoms. The quantitative estimate of drug-likeness (QED) is 0.180. The van der Waals surface area contributed by atoms with Gasteiger partial charge in [-0.1, -0.05) is 17.6 Å². The standard InChI is InChI=1S/C15H29BN4O7S2/c17-15(14(21)22)10-19(8-11(15)2-1-4-16(23)24)29(26,27)20(13-6-18-7-13)12-3-5-28(25)9-12/h11-13,18,23-24H,1-10,17H2,(H,21,22)/t11-,12?,15-,28?/m0/s1. The summed E-state index contributed by atoms with van der Waals surface area (Å²) in [6.07, 6.45) is 1.17. The van der Waals surface area contributed by atoms with Crippen molar-refractivity contribution in [3.63, 3.8) is 0 Å². The highest BCUT2D eigenvalue weighted by molar-refractivity contribution is 7.91. The van der Waals surface area contributed by atoms with E-state index in [0.29, 0.717) is 31.7 Å². The Morgan fingerprint density at radius 2 is 2.07 bits per heavy atom. The number of carboxylic acids is 1. The van der Waals surface area contributed by atoms with E-state index in [2.05, 4.69) is 5.32 Å². The van der Waals surface area contributed by atoms with Crippen LogP contribution in [0.2, 0.25) is 6.32 Å². The van der Waals surface area contributed by atoms with Crippen molar-refractivity contribution < 1.29 is 32.9 Å². The van der Waals surface area contributed by atoms with Crippen molar-refractivity contribution >= 4 is 34.5 Å². The molecule has 3 fully saturated rings. The first-order chi connectivity index (χ1) is 13.6. The molecular weight excluding hydrogens is 423 g/mol. The maximum Gasteiger partial charge on any atom is 0.451 e. The molecular formula is C15H29BN4O7S2. The van der Waals surface area contributed by atoms with Gasteiger partial charge in [-0.15, -0.1) is 0 Å². The van der Waals surface area contributed by atoms with Crippen molar-refractivity contribution in [2.45, 2.75) is 43.2 Å². The zero-order chi connectivity index (χ0) is 21.4. The molecule has 3 heterocycles. The predicted molar refractivity (Wildman–Crippen MR) is 108 cm³/mol. The topological polar surface area (TPSA) is 179 Å². The molecule has 2 unspecified atom stereocenters. The first kappa shape index (κ1) is 23.2. The van der Waals surface area contributed by atoms with Crippen LogP contribution in [0.25, 0.3) is 0 Å². The van der Waals surface area contributed by atoms with Gasteiger partial charge in [-0.05, 0) is 12.7 Å². The van der Waals surface area contributed by atoms with E-state index >= 15 is 0 Å². The molecule has 4 atom stereocenters. The van der Waals surface area contributed by atoms with Crippen molar-refractivity contribution in [3.8, 4) is 0 Å². The van der Waals surface area contributed by atoms with Crippen LogP contribution in [-0.2, 0) is 26.2 Å². The molecule has 166 valence electrons. The van der Waals surface area contributed by atoms with Gasteiger partial charge in [-0.3, -0.25) is 4.79 Å². The number of rotatable bonds is 9. The Labute approximate surface area is 174 Å². The van der Waals surface area contributed by atoms with E-state index < -0.39 is 45.9 Å². The van der Waals surface area contributed by atoms with E-state index in [-0.39, 0.29) is 43.7 Å². The first-order valence-electron chi connectivity index (χ1n) is 9.78. The Hall–Kier alpha value is -0.445. The fraction of sp³-hybridized carbons (Fsp3) is 0.933. The Bertz CT molecular complexity index is 711. The molecule has 0 aromatic rings. The normalized spacial score (nSPS) is 33.9. The van der Waals surface area contributed by atoms with Crippen LogP contribution in [0.15, 0.2) is 0 Å². The molecule has 0 aromatic heterocycles. The zero-order valence-electron chi connectivity index (χ0n) is 16.1. The SMILES string of the molecule is N[C@@]1(C(=O)O)CN(S(=O)(=O)N(C2CNC2)C2CC[S+]([O-])C2)C[C@@H]1CCCB(O)O. The summed E-state index contributed by atoms with van der Waals surface area (Å²) in [5.41, 5.74) is 4.40. The molecule has 0 bridgehead atoms. The number of hydrogen-bond donors (Lipinski definition) is 5. The van der Waals surface area contributed by atoms with Crippen LogP contribution in [0.5, 0.6) is 0 Å². The van der Waals surface area contributed by atoms with Gasteiger partial charge in [0, 0.05) is 38.5 Å². The second-order valence-electron chi connectivity index (χ2n) is 8.15. The Balaban J connectivity index is 1.80. The van der Waals surface area contributed by atoms with Crippen LogP contribution in [-0.4, -0.2) is 105 Å². The van der Waals surface area contributed by atoms with Crippen molar-refractivity contribution in [1.29, 1.82) is 0 Å². The number of aliphatic carboxylic acids is 1. The molecule has 29 heavy (non-hydrogen) atoms. The summed E-state index contributed by atoms with van der Waals surface area (Å²) in [6, 6.07) is -0.616. The largest absolute Gasteiger partial charge is 0.616 e. The predicted octanol–water partition coefficient (Wildman–Crippen LogP) is -3.01. The molecule has 3 saturated heterocycles. The third-order valence-electron chi connectivity index (χ3n) is 6.13. The fourth-order valence-electron chi connectivity index (χ4n) is 4.32. The van der Waals surface area contributed by atoms with Gasteiger partial charge < -0.3 is 30.8 Å². The van der Waals surface area contributed by atoms with Crippen LogP contribution < -0.4 is 11.1 Å². The highest BCUT2D eigenvalue weighted by Crippen LogP contribution is 2.35. The van der Waals surface area contributed by atoms with Gasteiger partial charge >= 0.3 is 13.1 Å². The second kappa shape index (κ2) is 8.97. The van der Waals surface area contributed by atoms with Gasteiger partial charge in [0.05, 0.1) is 12.1 Å². The minimum absolute atomic E-state index is 0.0425. The molecule has 11 nitrogen and oxygen atoms in total. The Kier molecular flexibility index (Phi) is 7.18. The molecule has 0 radical (unpaired) electrons. The number of nitrogens with one attached hydrogen (secondary N) is 1. The molecule has 3 aliphatic heterocycles. The molecule has 0 saturated carbocycles. The van der Waals surface area contributed by atoms with Gasteiger partial charge in [-0.2, -0.15) is 17.0 Å². The lowest BCUT2D eigenvalue weighted by molar-refractivity contribution is -0.144. The van der Waals surface area contributed by atoms with E-state index in [1.807, 2.05) is 0 Å². The summed E-state index contributed by atoms with van der Waals surface area (Å²) in [5.74, 6) is -1.18. The van der Waals surface area contributed by atoms with Crippen molar-refractivity contribution in [1.82, 2.24) is 13.9 Å². The monoisotopic (exact) mass is 452 g/mol. The molecule has 6 N–H and O–H groups in total. The van der Waals surface area contributed by atoms with Gasteiger partial charge in [0.2, 0.25) is 0 Å². The number of carboxylic acid groups (broad SMARTS) is 1. The lowest BCUT2D eigenvalue weighted by Crippen LogP contribution is -2.64. The minimum Gasteiger partial charge on any atom is -0.616 e. The molecule has 0 aliphatic carbocycles. The third-order valence-corrected chi connectivity index (χ3v) is 9.64. The fourth-order valence-corrected chi connectivity index (χ4v) is 7.97. The summed E-state index contributed by atoms with van der Waals surface area (Å²) in [5, 5.41) is 30.8. The van der Waals surface area contributed by atoms with Crippen LogP contribution in [0.4, 0.5) is 0 Å². The smallest absolute Gasteiger partial charge is 0.451 e. The molecule has 14 heteroatoms. The van der Waals surface area contributed by atoms with Crippen molar-refractivity contribution in [3.05, 3.63) is 0 Å². The van der Waals surface area contributed by atoms with E-state index in [1.165, 1.54) is 4.31 Å². The number of carbonyl (C=O) groups is 1. The van der Waals surface area contributed by atoms with Gasteiger partial charge in [0.1, 0.15) is 17.0 Å². The van der Waals surface area contributed by atoms with Crippen LogP contribution in [0.3, 0.4) is 0 Å². The summed E-state index contributed by atoms with van der Waals surface area (Å²) in [4.78, 5) is 11.9. The summed E-state index contributed by atoms with van der Waals surface area (Å²) < 4.78 is 41.4. The zero-order valence-corrected chi connectivity index (χ0v) is 17.8. The Morgan fingerprint density at radius 1 is 1.38 bits per heavy atom. The van der Waals surface area contributed by atoms with E-state index in [0.717, 1.165) is 4.31 Å². The summed E-state index contributed by atoms with van der Waals surface area (Å²) in [6.45, 7) is 0.615. The van der Waals surface area contributed by atoms with Crippen molar-refractivity contribution in [2.75, 3.05) is 37.7 Å². The van der Waals surface area contributed by atoms with E-state index in [4.69, 9.17) is 15.8 Å².